The molecule has 3 fully saturated rings. The summed E-state index contributed by atoms with van der Waals surface area (Å²) in [7, 11) is 0. The minimum absolute atomic E-state index is 0.0195. The van der Waals surface area contributed by atoms with Gasteiger partial charge in [0, 0.05) is 29.5 Å². The Morgan fingerprint density at radius 1 is 1.10 bits per heavy atom. The Morgan fingerprint density at radius 3 is 2.52 bits per heavy atom. The Kier molecular flexibility index (Phi) is 4.99. The molecule has 3 atom stereocenters. The molecule has 158 valence electrons. The fourth-order valence-electron chi connectivity index (χ4n) is 4.76. The highest BCUT2D eigenvalue weighted by Gasteiger charge is 2.55. The lowest BCUT2D eigenvalue weighted by atomic mass is 9.73. The molecule has 0 aromatic heterocycles. The van der Waals surface area contributed by atoms with Crippen molar-refractivity contribution >= 4 is 11.8 Å². The first-order chi connectivity index (χ1) is 15.0. The van der Waals surface area contributed by atoms with Gasteiger partial charge in [0.1, 0.15) is 5.82 Å². The number of rotatable bonds is 3. The molecule has 1 aliphatic carbocycles. The molecular formula is C25H23FN2O3. The van der Waals surface area contributed by atoms with Gasteiger partial charge in [-0.05, 0) is 48.7 Å². The second kappa shape index (κ2) is 7.82. The van der Waals surface area contributed by atoms with Gasteiger partial charge in [0.25, 0.3) is 0 Å². The molecule has 1 N–H and O–H groups in total. The van der Waals surface area contributed by atoms with Crippen LogP contribution in [-0.2, 0) is 9.59 Å². The summed E-state index contributed by atoms with van der Waals surface area (Å²) in [4.78, 5) is 28.6. The summed E-state index contributed by atoms with van der Waals surface area (Å²) >= 11 is 0. The van der Waals surface area contributed by atoms with Crippen LogP contribution in [0.1, 0.15) is 35.4 Å². The molecule has 1 saturated carbocycles. The van der Waals surface area contributed by atoms with Crippen LogP contribution in [0.25, 0.3) is 0 Å². The first-order valence-electron chi connectivity index (χ1n) is 10.6. The van der Waals surface area contributed by atoms with Gasteiger partial charge in [-0.15, -0.1) is 0 Å². The number of piperazine rings is 1. The lowest BCUT2D eigenvalue weighted by Gasteiger charge is -2.58. The van der Waals surface area contributed by atoms with Crippen molar-refractivity contribution in [3.8, 4) is 11.8 Å². The Morgan fingerprint density at radius 2 is 1.84 bits per heavy atom. The highest BCUT2D eigenvalue weighted by atomic mass is 19.1. The van der Waals surface area contributed by atoms with E-state index >= 15 is 0 Å². The Hall–Kier alpha value is -3.17. The third-order valence-corrected chi connectivity index (χ3v) is 6.46. The Bertz CT molecular complexity index is 1080. The number of amides is 2. The zero-order valence-corrected chi connectivity index (χ0v) is 17.0. The van der Waals surface area contributed by atoms with Gasteiger partial charge in [0.2, 0.25) is 11.8 Å². The van der Waals surface area contributed by atoms with Crippen molar-refractivity contribution in [1.82, 2.24) is 9.80 Å². The number of hydrogen-bond donors (Lipinski definition) is 1. The van der Waals surface area contributed by atoms with Crippen LogP contribution < -0.4 is 0 Å². The number of nitrogens with zero attached hydrogens (tertiary/aromatic N) is 2. The third kappa shape index (κ3) is 3.70. The van der Waals surface area contributed by atoms with Gasteiger partial charge in [0.15, 0.2) is 0 Å². The standard InChI is InChI=1S/C25H23FN2O3/c26-20-3-1-2-17(12-20)5-4-16-6-8-18(9-7-16)24-21-13-27(25(31)19-10-11-19)14-23(30)28(21)22(24)15-29/h1-3,6-9,12,19,21-22,24,29H,10-11,13-15H2/t21-,22+,24+/m0/s1. The molecule has 5 nitrogen and oxygen atoms in total. The second-order valence-electron chi connectivity index (χ2n) is 8.52. The monoisotopic (exact) mass is 418 g/mol. The maximum atomic E-state index is 13.3. The van der Waals surface area contributed by atoms with Gasteiger partial charge >= 0.3 is 0 Å². The molecule has 0 unspecified atom stereocenters. The molecule has 0 bridgehead atoms. The summed E-state index contributed by atoms with van der Waals surface area (Å²) in [5, 5.41) is 9.91. The van der Waals surface area contributed by atoms with Gasteiger partial charge in [-0.3, -0.25) is 9.59 Å². The summed E-state index contributed by atoms with van der Waals surface area (Å²) in [6.07, 6.45) is 1.83. The summed E-state index contributed by atoms with van der Waals surface area (Å²) in [5.74, 6) is 5.74. The molecule has 2 aromatic carbocycles. The van der Waals surface area contributed by atoms with E-state index in [1.54, 1.807) is 21.9 Å². The van der Waals surface area contributed by atoms with Crippen LogP contribution in [0.3, 0.4) is 0 Å². The van der Waals surface area contributed by atoms with Crippen LogP contribution in [0.5, 0.6) is 0 Å². The van der Waals surface area contributed by atoms with Crippen LogP contribution >= 0.6 is 0 Å². The number of carbonyl (C=O) groups excluding carboxylic acids is 2. The topological polar surface area (TPSA) is 60.9 Å². The average molecular weight is 418 g/mol. The fraction of sp³-hybridized carbons (Fsp3) is 0.360. The third-order valence-electron chi connectivity index (χ3n) is 6.46. The average Bonchev–Trinajstić information content (AvgIpc) is 3.59. The van der Waals surface area contributed by atoms with Gasteiger partial charge in [-0.25, -0.2) is 4.39 Å². The molecule has 2 aromatic rings. The zero-order chi connectivity index (χ0) is 21.5. The van der Waals surface area contributed by atoms with Crippen molar-refractivity contribution in [3.05, 3.63) is 71.0 Å². The Balaban J connectivity index is 1.34. The SMILES string of the molecule is O=C(C1CC1)N1CC(=O)N2[C@H](CO)[C@H](c3ccc(C#Cc4cccc(F)c4)cc3)[C@@H]2C1. The van der Waals surface area contributed by atoms with Crippen LogP contribution in [0.4, 0.5) is 4.39 Å². The van der Waals surface area contributed by atoms with Crippen LogP contribution in [0, 0.1) is 23.6 Å². The number of carbonyl (C=O) groups is 2. The minimum atomic E-state index is -0.317. The lowest BCUT2D eigenvalue weighted by Crippen LogP contribution is -2.73. The quantitative estimate of drug-likeness (QED) is 0.777. The molecule has 2 amide bonds. The van der Waals surface area contributed by atoms with Crippen molar-refractivity contribution in [1.29, 1.82) is 0 Å². The molecular weight excluding hydrogens is 395 g/mol. The largest absolute Gasteiger partial charge is 0.394 e. The maximum absolute atomic E-state index is 13.3. The number of aliphatic hydroxyl groups is 1. The number of halogens is 1. The van der Waals surface area contributed by atoms with E-state index in [0.29, 0.717) is 12.1 Å². The van der Waals surface area contributed by atoms with E-state index in [1.807, 2.05) is 24.3 Å². The van der Waals surface area contributed by atoms with E-state index in [0.717, 1.165) is 24.0 Å². The molecule has 0 spiro atoms. The first kappa shape index (κ1) is 19.8. The zero-order valence-electron chi connectivity index (χ0n) is 17.0. The Labute approximate surface area is 180 Å². The van der Waals surface area contributed by atoms with Crippen LogP contribution in [0.15, 0.2) is 48.5 Å². The second-order valence-corrected chi connectivity index (χ2v) is 8.52. The number of aliphatic hydroxyl groups excluding tert-OH is 1. The highest BCUT2D eigenvalue weighted by molar-refractivity contribution is 5.89. The van der Waals surface area contributed by atoms with Gasteiger partial charge in [0.05, 0.1) is 25.2 Å². The fourth-order valence-corrected chi connectivity index (χ4v) is 4.76. The van der Waals surface area contributed by atoms with Crippen molar-refractivity contribution in [2.24, 2.45) is 5.92 Å². The van der Waals surface area contributed by atoms with Gasteiger partial charge < -0.3 is 14.9 Å². The molecule has 3 aliphatic rings. The summed E-state index contributed by atoms with van der Waals surface area (Å²) in [6, 6.07) is 13.5. The summed E-state index contributed by atoms with van der Waals surface area (Å²) < 4.78 is 13.3. The van der Waals surface area contributed by atoms with E-state index in [4.69, 9.17) is 0 Å². The molecule has 5 rings (SSSR count). The van der Waals surface area contributed by atoms with Crippen molar-refractivity contribution in [3.63, 3.8) is 0 Å². The molecule has 0 radical (unpaired) electrons. The number of hydrogen-bond acceptors (Lipinski definition) is 3. The van der Waals surface area contributed by atoms with E-state index in [2.05, 4.69) is 11.8 Å². The first-order valence-corrected chi connectivity index (χ1v) is 10.6. The van der Waals surface area contributed by atoms with Crippen molar-refractivity contribution in [2.75, 3.05) is 19.7 Å². The van der Waals surface area contributed by atoms with Gasteiger partial charge in [-0.2, -0.15) is 0 Å². The van der Waals surface area contributed by atoms with Crippen LogP contribution in [-0.4, -0.2) is 58.5 Å². The van der Waals surface area contributed by atoms with Crippen molar-refractivity contribution < 1.29 is 19.1 Å². The van der Waals surface area contributed by atoms with E-state index in [1.165, 1.54) is 12.1 Å². The maximum Gasteiger partial charge on any atom is 0.242 e. The number of fused-ring (bicyclic) bond motifs is 1. The minimum Gasteiger partial charge on any atom is -0.394 e. The highest BCUT2D eigenvalue weighted by Crippen LogP contribution is 2.43. The normalized spacial score (nSPS) is 24.7. The van der Waals surface area contributed by atoms with E-state index in [9.17, 15) is 19.1 Å². The predicted molar refractivity (Wildman–Crippen MR) is 112 cm³/mol. The molecule has 31 heavy (non-hydrogen) atoms. The summed E-state index contributed by atoms with van der Waals surface area (Å²) in [6.45, 7) is 0.525. The molecule has 2 saturated heterocycles. The molecule has 2 heterocycles. The smallest absolute Gasteiger partial charge is 0.242 e. The predicted octanol–water partition coefficient (Wildman–Crippen LogP) is 2.13. The van der Waals surface area contributed by atoms with E-state index in [-0.39, 0.29) is 54.7 Å². The number of benzene rings is 2. The lowest BCUT2D eigenvalue weighted by molar-refractivity contribution is -0.167. The van der Waals surface area contributed by atoms with Crippen LogP contribution in [0.2, 0.25) is 0 Å². The molecule has 2 aliphatic heterocycles. The molecule has 6 heteroatoms. The van der Waals surface area contributed by atoms with Crippen molar-refractivity contribution in [2.45, 2.75) is 30.8 Å². The van der Waals surface area contributed by atoms with Gasteiger partial charge in [-0.1, -0.05) is 30.0 Å². The summed E-state index contributed by atoms with van der Waals surface area (Å²) in [5.41, 5.74) is 2.43. The van der Waals surface area contributed by atoms with E-state index < -0.39 is 0 Å².